The highest BCUT2D eigenvalue weighted by Gasteiger charge is 2.26. The second-order valence-electron chi connectivity index (χ2n) is 5.59. The van der Waals surface area contributed by atoms with Crippen molar-refractivity contribution in [2.45, 2.75) is 6.92 Å². The fourth-order valence-electron chi connectivity index (χ4n) is 2.53. The molecule has 0 saturated carbocycles. The zero-order chi connectivity index (χ0) is 18.0. The van der Waals surface area contributed by atoms with Crippen LogP contribution in [-0.4, -0.2) is 68.8 Å². The molecule has 0 spiro atoms. The summed E-state index contributed by atoms with van der Waals surface area (Å²) in [5.74, 6) is -1.53. The molecule has 2 aromatic heterocycles. The van der Waals surface area contributed by atoms with Gasteiger partial charge in [0.1, 0.15) is 5.69 Å². The molecule has 1 saturated heterocycles. The Balaban J connectivity index is 1.60. The summed E-state index contributed by atoms with van der Waals surface area (Å²) in [6.07, 6.45) is 2.23. The smallest absolute Gasteiger partial charge is 0.356 e. The maximum Gasteiger partial charge on any atom is 0.356 e. The van der Waals surface area contributed by atoms with Crippen molar-refractivity contribution in [2.24, 2.45) is 0 Å². The number of rotatable bonds is 3. The molecule has 130 valence electrons. The first-order chi connectivity index (χ1) is 12.0. The third-order valence-electron chi connectivity index (χ3n) is 3.90. The highest BCUT2D eigenvalue weighted by molar-refractivity contribution is 7.13. The predicted octanol–water partition coefficient (Wildman–Crippen LogP) is 1.14. The minimum atomic E-state index is -1.19. The van der Waals surface area contributed by atoms with Crippen LogP contribution < -0.4 is 0 Å². The van der Waals surface area contributed by atoms with Crippen molar-refractivity contribution in [3.8, 4) is 0 Å². The third kappa shape index (κ3) is 3.66. The molecule has 8 nitrogen and oxygen atoms in total. The zero-order valence-corrected chi connectivity index (χ0v) is 14.3. The molecular formula is C16H16N4O4S. The number of hydrogen-bond donors (Lipinski definition) is 1. The third-order valence-corrected chi connectivity index (χ3v) is 4.88. The van der Waals surface area contributed by atoms with Gasteiger partial charge in [-0.2, -0.15) is 0 Å². The molecule has 9 heteroatoms. The summed E-state index contributed by atoms with van der Waals surface area (Å²) in [6, 6.07) is 3.73. The van der Waals surface area contributed by atoms with E-state index in [1.54, 1.807) is 9.80 Å². The topological polar surface area (TPSA) is 104 Å². The van der Waals surface area contributed by atoms with Gasteiger partial charge in [-0.25, -0.2) is 14.8 Å². The van der Waals surface area contributed by atoms with E-state index in [2.05, 4.69) is 9.97 Å². The number of carboxylic acid groups (broad SMARTS) is 1. The molecule has 0 atom stereocenters. The Morgan fingerprint density at radius 3 is 2.00 bits per heavy atom. The fraction of sp³-hybridized carbons (Fsp3) is 0.312. The molecule has 25 heavy (non-hydrogen) atoms. The molecule has 1 fully saturated rings. The van der Waals surface area contributed by atoms with Crippen LogP contribution in [0.1, 0.15) is 35.5 Å². The fourth-order valence-corrected chi connectivity index (χ4v) is 3.36. The molecule has 2 amide bonds. The number of hydrogen-bond acceptors (Lipinski definition) is 6. The van der Waals surface area contributed by atoms with Gasteiger partial charge in [-0.3, -0.25) is 9.59 Å². The highest BCUT2D eigenvalue weighted by atomic mass is 32.1. The first kappa shape index (κ1) is 17.0. The molecular weight excluding hydrogens is 344 g/mol. The number of aryl methyl sites for hydroxylation is 1. The lowest BCUT2D eigenvalue weighted by Gasteiger charge is -2.34. The van der Waals surface area contributed by atoms with E-state index in [0.717, 1.165) is 17.3 Å². The minimum absolute atomic E-state index is 0.0178. The number of carbonyl (C=O) groups excluding carboxylic acids is 2. The van der Waals surface area contributed by atoms with E-state index in [9.17, 15) is 14.4 Å². The van der Waals surface area contributed by atoms with E-state index in [4.69, 9.17) is 5.11 Å². The van der Waals surface area contributed by atoms with Crippen LogP contribution in [0.2, 0.25) is 0 Å². The summed E-state index contributed by atoms with van der Waals surface area (Å²) in [6.45, 7) is 3.65. The van der Waals surface area contributed by atoms with Gasteiger partial charge in [0, 0.05) is 31.1 Å². The lowest BCUT2D eigenvalue weighted by atomic mass is 10.2. The molecule has 1 aliphatic heterocycles. The van der Waals surface area contributed by atoms with Crippen molar-refractivity contribution in [1.82, 2.24) is 19.8 Å². The maximum atomic E-state index is 12.4. The molecule has 3 heterocycles. The molecule has 2 aromatic rings. The highest BCUT2D eigenvalue weighted by Crippen LogP contribution is 2.18. The minimum Gasteiger partial charge on any atom is -0.476 e. The Labute approximate surface area is 147 Å². The Kier molecular flexibility index (Phi) is 4.75. The molecule has 0 aromatic carbocycles. The standard InChI is InChI=1S/C16H16N4O4S/c1-10-2-3-13(25-10)15(22)20-6-4-19(5-7-20)14(21)11-8-18-12(9-17-11)16(23)24/h2-3,8-9H,4-7H2,1H3,(H,23,24). The first-order valence-electron chi connectivity index (χ1n) is 7.66. The Bertz CT molecular complexity index is 810. The Morgan fingerprint density at radius 1 is 0.960 bits per heavy atom. The number of thiophene rings is 1. The van der Waals surface area contributed by atoms with Crippen LogP contribution in [0.4, 0.5) is 0 Å². The second-order valence-corrected chi connectivity index (χ2v) is 6.87. The molecule has 0 radical (unpaired) electrons. The largest absolute Gasteiger partial charge is 0.476 e. The average Bonchev–Trinajstić information content (AvgIpc) is 3.07. The van der Waals surface area contributed by atoms with Gasteiger partial charge < -0.3 is 14.9 Å². The maximum absolute atomic E-state index is 12.4. The van der Waals surface area contributed by atoms with Crippen molar-refractivity contribution in [3.63, 3.8) is 0 Å². The van der Waals surface area contributed by atoms with Gasteiger partial charge in [0.2, 0.25) is 0 Å². The van der Waals surface area contributed by atoms with E-state index < -0.39 is 5.97 Å². The number of aromatic nitrogens is 2. The van der Waals surface area contributed by atoms with Crippen LogP contribution in [0.3, 0.4) is 0 Å². The summed E-state index contributed by atoms with van der Waals surface area (Å²) >= 11 is 1.46. The average molecular weight is 360 g/mol. The van der Waals surface area contributed by atoms with Crippen LogP contribution in [-0.2, 0) is 0 Å². The lowest BCUT2D eigenvalue weighted by molar-refractivity contribution is 0.0534. The lowest BCUT2D eigenvalue weighted by Crippen LogP contribution is -2.50. The van der Waals surface area contributed by atoms with Gasteiger partial charge in [0.15, 0.2) is 5.69 Å². The number of amides is 2. The SMILES string of the molecule is Cc1ccc(C(=O)N2CCN(C(=O)c3cnc(C(=O)O)cn3)CC2)s1. The quantitative estimate of drug-likeness (QED) is 0.880. The second kappa shape index (κ2) is 6.98. The van der Waals surface area contributed by atoms with Gasteiger partial charge >= 0.3 is 5.97 Å². The van der Waals surface area contributed by atoms with Crippen LogP contribution in [0.15, 0.2) is 24.5 Å². The van der Waals surface area contributed by atoms with E-state index in [-0.39, 0.29) is 23.2 Å². The molecule has 3 rings (SSSR count). The van der Waals surface area contributed by atoms with E-state index in [1.165, 1.54) is 11.3 Å². The van der Waals surface area contributed by atoms with Gasteiger partial charge in [-0.1, -0.05) is 0 Å². The predicted molar refractivity (Wildman–Crippen MR) is 89.9 cm³/mol. The van der Waals surface area contributed by atoms with Crippen LogP contribution in [0.5, 0.6) is 0 Å². The van der Waals surface area contributed by atoms with Crippen molar-refractivity contribution in [2.75, 3.05) is 26.2 Å². The van der Waals surface area contributed by atoms with Crippen molar-refractivity contribution >= 4 is 29.1 Å². The molecule has 0 unspecified atom stereocenters. The van der Waals surface area contributed by atoms with Crippen molar-refractivity contribution < 1.29 is 19.5 Å². The number of carboxylic acids is 1. The van der Waals surface area contributed by atoms with Crippen LogP contribution >= 0.6 is 11.3 Å². The van der Waals surface area contributed by atoms with Gasteiger partial charge in [0.25, 0.3) is 11.8 Å². The molecule has 1 aliphatic rings. The van der Waals surface area contributed by atoms with E-state index in [1.807, 2.05) is 19.1 Å². The van der Waals surface area contributed by atoms with E-state index in [0.29, 0.717) is 31.1 Å². The molecule has 0 aliphatic carbocycles. The van der Waals surface area contributed by atoms with Gasteiger partial charge in [-0.15, -0.1) is 11.3 Å². The number of carbonyl (C=O) groups is 3. The summed E-state index contributed by atoms with van der Waals surface area (Å²) in [4.78, 5) is 48.3. The Hall–Kier alpha value is -2.81. The van der Waals surface area contributed by atoms with Crippen LogP contribution in [0, 0.1) is 6.92 Å². The van der Waals surface area contributed by atoms with Gasteiger partial charge in [-0.05, 0) is 19.1 Å². The number of nitrogens with zero attached hydrogens (tertiary/aromatic N) is 4. The summed E-state index contributed by atoms with van der Waals surface area (Å²) in [7, 11) is 0. The van der Waals surface area contributed by atoms with Crippen LogP contribution in [0.25, 0.3) is 0 Å². The normalized spacial score (nSPS) is 14.4. The number of aromatic carboxylic acids is 1. The number of piperazine rings is 1. The molecule has 1 N–H and O–H groups in total. The first-order valence-corrected chi connectivity index (χ1v) is 8.47. The Morgan fingerprint density at radius 2 is 1.52 bits per heavy atom. The summed E-state index contributed by atoms with van der Waals surface area (Å²) < 4.78 is 0. The van der Waals surface area contributed by atoms with Gasteiger partial charge in [0.05, 0.1) is 17.3 Å². The zero-order valence-electron chi connectivity index (χ0n) is 13.5. The molecule has 0 bridgehead atoms. The van der Waals surface area contributed by atoms with Crippen molar-refractivity contribution in [1.29, 1.82) is 0 Å². The summed E-state index contributed by atoms with van der Waals surface area (Å²) in [5, 5.41) is 8.81. The van der Waals surface area contributed by atoms with Crippen molar-refractivity contribution in [3.05, 3.63) is 45.7 Å². The monoisotopic (exact) mass is 360 g/mol. The van der Waals surface area contributed by atoms with E-state index >= 15 is 0 Å². The summed E-state index contributed by atoms with van der Waals surface area (Å²) in [5.41, 5.74) is -0.114.